The van der Waals surface area contributed by atoms with E-state index in [0.29, 0.717) is 0 Å². The van der Waals surface area contributed by atoms with E-state index < -0.39 is 9.84 Å². The first-order valence-electron chi connectivity index (χ1n) is 5.94. The van der Waals surface area contributed by atoms with Gasteiger partial charge in [0.15, 0.2) is 9.84 Å². The Kier molecular flexibility index (Phi) is 4.59. The highest BCUT2D eigenvalue weighted by Crippen LogP contribution is 2.24. The predicted octanol–water partition coefficient (Wildman–Crippen LogP) is 1.86. The zero-order chi connectivity index (χ0) is 11.5. The summed E-state index contributed by atoms with van der Waals surface area (Å²) in [5.74, 6) is 0. The van der Waals surface area contributed by atoms with Crippen LogP contribution in [0.3, 0.4) is 0 Å². The maximum absolute atomic E-state index is 12.1. The highest BCUT2D eigenvalue weighted by Gasteiger charge is 2.33. The number of sulfone groups is 1. The van der Waals surface area contributed by atoms with Gasteiger partial charge in [-0.2, -0.15) is 0 Å². The second kappa shape index (κ2) is 5.30. The minimum absolute atomic E-state index is 0.155. The van der Waals surface area contributed by atoms with Crippen molar-refractivity contribution in [3.63, 3.8) is 0 Å². The van der Waals surface area contributed by atoms with Crippen LogP contribution in [0.4, 0.5) is 0 Å². The molecule has 0 saturated heterocycles. The molecule has 0 radical (unpaired) electrons. The lowest BCUT2D eigenvalue weighted by molar-refractivity contribution is 0.442. The van der Waals surface area contributed by atoms with E-state index in [4.69, 9.17) is 5.73 Å². The van der Waals surface area contributed by atoms with Crippen LogP contribution in [0.5, 0.6) is 0 Å². The van der Waals surface area contributed by atoms with Crippen LogP contribution in [0.1, 0.15) is 52.4 Å². The lowest BCUT2D eigenvalue weighted by Gasteiger charge is -2.27. The Hall–Kier alpha value is -0.0900. The van der Waals surface area contributed by atoms with E-state index in [1.54, 1.807) is 13.8 Å². The number of hydrogen-bond donors (Lipinski definition) is 1. The molecule has 1 saturated carbocycles. The second-order valence-corrected chi connectivity index (χ2v) is 7.56. The molecule has 0 aliphatic heterocycles. The summed E-state index contributed by atoms with van der Waals surface area (Å²) in [6, 6.07) is -0.155. The largest absolute Gasteiger partial charge is 0.327 e. The molecule has 1 aliphatic rings. The summed E-state index contributed by atoms with van der Waals surface area (Å²) in [6.07, 6.45) is 6.03. The van der Waals surface area contributed by atoms with Crippen LogP contribution in [0.25, 0.3) is 0 Å². The average molecular weight is 233 g/mol. The van der Waals surface area contributed by atoms with E-state index in [1.807, 2.05) is 0 Å². The van der Waals surface area contributed by atoms with Gasteiger partial charge in [-0.1, -0.05) is 25.7 Å². The topological polar surface area (TPSA) is 60.2 Å². The highest BCUT2D eigenvalue weighted by atomic mass is 32.2. The second-order valence-electron chi connectivity index (χ2n) is 4.83. The summed E-state index contributed by atoms with van der Waals surface area (Å²) < 4.78 is 24.2. The van der Waals surface area contributed by atoms with Gasteiger partial charge in [0.2, 0.25) is 0 Å². The molecule has 2 unspecified atom stereocenters. The Balaban J connectivity index is 2.80. The number of hydrogen-bond acceptors (Lipinski definition) is 3. The average Bonchev–Trinajstić information content (AvgIpc) is 2.11. The SMILES string of the molecule is CC(C)S(=O)(=O)C1CCCCCCC1N. The normalized spacial score (nSPS) is 29.9. The van der Waals surface area contributed by atoms with Crippen molar-refractivity contribution in [2.75, 3.05) is 0 Å². The van der Waals surface area contributed by atoms with Gasteiger partial charge in [0, 0.05) is 6.04 Å². The molecule has 15 heavy (non-hydrogen) atoms. The molecule has 0 amide bonds. The Morgan fingerprint density at radius 1 is 1.07 bits per heavy atom. The van der Waals surface area contributed by atoms with E-state index in [-0.39, 0.29) is 16.5 Å². The van der Waals surface area contributed by atoms with E-state index in [0.717, 1.165) is 32.1 Å². The van der Waals surface area contributed by atoms with Gasteiger partial charge in [-0.25, -0.2) is 8.42 Å². The summed E-state index contributed by atoms with van der Waals surface area (Å²) in [4.78, 5) is 0. The molecule has 0 heterocycles. The molecular weight excluding hydrogens is 210 g/mol. The molecule has 1 rings (SSSR count). The van der Waals surface area contributed by atoms with Crippen LogP contribution in [0.2, 0.25) is 0 Å². The van der Waals surface area contributed by atoms with Gasteiger partial charge in [-0.05, 0) is 26.7 Å². The molecule has 2 N–H and O–H groups in total. The summed E-state index contributed by atoms with van der Waals surface area (Å²) >= 11 is 0. The fourth-order valence-corrected chi connectivity index (χ4v) is 4.05. The van der Waals surface area contributed by atoms with Gasteiger partial charge >= 0.3 is 0 Å². The Morgan fingerprint density at radius 2 is 1.60 bits per heavy atom. The van der Waals surface area contributed by atoms with Crippen molar-refractivity contribution in [1.29, 1.82) is 0 Å². The van der Waals surface area contributed by atoms with Gasteiger partial charge in [-0.3, -0.25) is 0 Å². The minimum atomic E-state index is -3.01. The molecule has 90 valence electrons. The molecule has 0 aromatic carbocycles. The third kappa shape index (κ3) is 3.18. The third-order valence-corrected chi connectivity index (χ3v) is 6.08. The first kappa shape index (κ1) is 13.0. The fraction of sp³-hybridized carbons (Fsp3) is 1.00. The molecule has 2 atom stereocenters. The highest BCUT2D eigenvalue weighted by molar-refractivity contribution is 7.92. The van der Waals surface area contributed by atoms with Crippen LogP contribution >= 0.6 is 0 Å². The number of nitrogens with two attached hydrogens (primary N) is 1. The van der Waals surface area contributed by atoms with E-state index in [1.165, 1.54) is 6.42 Å². The zero-order valence-electron chi connectivity index (χ0n) is 9.78. The van der Waals surface area contributed by atoms with Gasteiger partial charge in [0.05, 0.1) is 10.5 Å². The molecule has 1 fully saturated rings. The first-order chi connectivity index (χ1) is 6.96. The van der Waals surface area contributed by atoms with E-state index in [9.17, 15) is 8.42 Å². The number of rotatable bonds is 2. The maximum Gasteiger partial charge on any atom is 0.156 e. The zero-order valence-corrected chi connectivity index (χ0v) is 10.6. The van der Waals surface area contributed by atoms with Crippen molar-refractivity contribution in [2.45, 2.75) is 68.9 Å². The van der Waals surface area contributed by atoms with Crippen LogP contribution in [-0.2, 0) is 9.84 Å². The van der Waals surface area contributed by atoms with Crippen LogP contribution in [0, 0.1) is 0 Å². The Bertz CT molecular complexity index is 285. The monoisotopic (exact) mass is 233 g/mol. The van der Waals surface area contributed by atoms with Gasteiger partial charge in [0.1, 0.15) is 0 Å². The molecule has 0 aromatic heterocycles. The van der Waals surface area contributed by atoms with E-state index >= 15 is 0 Å². The fourth-order valence-electron chi connectivity index (χ4n) is 2.24. The van der Waals surface area contributed by atoms with Crippen LogP contribution in [0.15, 0.2) is 0 Å². The summed E-state index contributed by atoms with van der Waals surface area (Å²) in [6.45, 7) is 3.50. The van der Waals surface area contributed by atoms with Gasteiger partial charge in [-0.15, -0.1) is 0 Å². The lowest BCUT2D eigenvalue weighted by atomic mass is 9.97. The molecular formula is C11H23NO2S. The molecule has 0 aromatic rings. The lowest BCUT2D eigenvalue weighted by Crippen LogP contribution is -2.43. The smallest absolute Gasteiger partial charge is 0.156 e. The Labute approximate surface area is 93.3 Å². The summed E-state index contributed by atoms with van der Waals surface area (Å²) in [5, 5.41) is -0.606. The standard InChI is InChI=1S/C11H23NO2S/c1-9(2)15(13,14)11-8-6-4-3-5-7-10(11)12/h9-11H,3-8,12H2,1-2H3. The Morgan fingerprint density at radius 3 is 2.13 bits per heavy atom. The molecule has 1 aliphatic carbocycles. The summed E-state index contributed by atoms with van der Waals surface area (Å²) in [7, 11) is -3.01. The van der Waals surface area contributed by atoms with Crippen molar-refractivity contribution in [1.82, 2.24) is 0 Å². The van der Waals surface area contributed by atoms with Crippen molar-refractivity contribution in [3.05, 3.63) is 0 Å². The van der Waals surface area contributed by atoms with E-state index in [2.05, 4.69) is 0 Å². The molecule has 0 bridgehead atoms. The van der Waals surface area contributed by atoms with Crippen LogP contribution in [-0.4, -0.2) is 25.0 Å². The van der Waals surface area contributed by atoms with Gasteiger partial charge in [0.25, 0.3) is 0 Å². The van der Waals surface area contributed by atoms with Crippen LogP contribution < -0.4 is 5.73 Å². The van der Waals surface area contributed by atoms with Crippen molar-refractivity contribution < 1.29 is 8.42 Å². The first-order valence-corrected chi connectivity index (χ1v) is 7.55. The molecule has 0 spiro atoms. The maximum atomic E-state index is 12.1. The molecule has 3 nitrogen and oxygen atoms in total. The molecule has 4 heteroatoms. The van der Waals surface area contributed by atoms with Crippen molar-refractivity contribution in [2.24, 2.45) is 5.73 Å². The van der Waals surface area contributed by atoms with Crippen molar-refractivity contribution in [3.8, 4) is 0 Å². The predicted molar refractivity (Wildman–Crippen MR) is 63.5 cm³/mol. The van der Waals surface area contributed by atoms with Gasteiger partial charge < -0.3 is 5.73 Å². The third-order valence-electron chi connectivity index (χ3n) is 3.33. The quantitative estimate of drug-likeness (QED) is 0.792. The summed E-state index contributed by atoms with van der Waals surface area (Å²) in [5.41, 5.74) is 5.99. The minimum Gasteiger partial charge on any atom is -0.327 e. The van der Waals surface area contributed by atoms with Crippen molar-refractivity contribution >= 4 is 9.84 Å².